The molecule has 0 saturated heterocycles. The molecule has 0 atom stereocenters. The molecule has 1 fully saturated rings. The van der Waals surface area contributed by atoms with Crippen LogP contribution in [-0.4, -0.2) is 47.6 Å². The van der Waals surface area contributed by atoms with E-state index in [-0.39, 0.29) is 11.4 Å². The highest BCUT2D eigenvalue weighted by Gasteiger charge is 2.25. The van der Waals surface area contributed by atoms with Gasteiger partial charge in [0.05, 0.1) is 6.54 Å². The van der Waals surface area contributed by atoms with Crippen molar-refractivity contribution in [2.75, 3.05) is 13.1 Å². The summed E-state index contributed by atoms with van der Waals surface area (Å²) in [5.74, 6) is 0.181. The Morgan fingerprint density at radius 1 is 1.25 bits per heavy atom. The smallest absolute Gasteiger partial charge is 0.394 e. The van der Waals surface area contributed by atoms with Crippen LogP contribution in [0.1, 0.15) is 39.0 Å². The SMILES string of the molecule is CC1(NCCN=C(N)N)CCCCC1.O.O=S(=O)(O)O. The Hall–Kier alpha value is -0.940. The van der Waals surface area contributed by atoms with Gasteiger partial charge in [0.1, 0.15) is 0 Å². The fourth-order valence-corrected chi connectivity index (χ4v) is 2.05. The van der Waals surface area contributed by atoms with Crippen LogP contribution in [-0.2, 0) is 10.4 Å². The molecule has 0 amide bonds. The summed E-state index contributed by atoms with van der Waals surface area (Å²) >= 11 is 0. The van der Waals surface area contributed by atoms with E-state index in [1.54, 1.807) is 0 Å². The second kappa shape index (κ2) is 9.88. The maximum Gasteiger partial charge on any atom is 0.394 e. The van der Waals surface area contributed by atoms with Crippen LogP contribution in [0, 0.1) is 0 Å². The highest BCUT2D eigenvalue weighted by molar-refractivity contribution is 7.79. The molecule has 0 unspecified atom stereocenters. The van der Waals surface area contributed by atoms with Gasteiger partial charge in [-0.25, -0.2) is 0 Å². The van der Waals surface area contributed by atoms with Crippen molar-refractivity contribution in [2.24, 2.45) is 16.5 Å². The lowest BCUT2D eigenvalue weighted by molar-refractivity contribution is 0.257. The molecule has 1 saturated carbocycles. The van der Waals surface area contributed by atoms with Gasteiger partial charge in [0.2, 0.25) is 0 Å². The molecule has 0 aromatic carbocycles. The number of nitrogens with two attached hydrogens (primary N) is 2. The average molecular weight is 314 g/mol. The summed E-state index contributed by atoms with van der Waals surface area (Å²) in [6.07, 6.45) is 6.60. The molecule has 9 nitrogen and oxygen atoms in total. The van der Waals surface area contributed by atoms with Gasteiger partial charge in [-0.3, -0.25) is 14.1 Å². The third kappa shape index (κ3) is 15.1. The van der Waals surface area contributed by atoms with Crippen LogP contribution < -0.4 is 16.8 Å². The summed E-state index contributed by atoms with van der Waals surface area (Å²) in [7, 11) is -4.67. The minimum Gasteiger partial charge on any atom is -0.412 e. The molecular weight excluding hydrogens is 288 g/mol. The fourth-order valence-electron chi connectivity index (χ4n) is 2.05. The van der Waals surface area contributed by atoms with E-state index in [2.05, 4.69) is 17.2 Å². The van der Waals surface area contributed by atoms with Crippen molar-refractivity contribution in [2.45, 2.75) is 44.6 Å². The van der Waals surface area contributed by atoms with Gasteiger partial charge in [-0.15, -0.1) is 0 Å². The van der Waals surface area contributed by atoms with Gasteiger partial charge in [0, 0.05) is 12.1 Å². The second-order valence-electron chi connectivity index (χ2n) is 4.80. The van der Waals surface area contributed by atoms with E-state index in [0.717, 1.165) is 6.54 Å². The number of rotatable bonds is 4. The third-order valence-corrected chi connectivity index (χ3v) is 2.92. The van der Waals surface area contributed by atoms with Crippen molar-refractivity contribution in [3.05, 3.63) is 0 Å². The largest absolute Gasteiger partial charge is 0.412 e. The lowest BCUT2D eigenvalue weighted by Crippen LogP contribution is -2.45. The maximum absolute atomic E-state index is 8.74. The molecule has 122 valence electrons. The van der Waals surface area contributed by atoms with Crippen molar-refractivity contribution in [1.29, 1.82) is 0 Å². The van der Waals surface area contributed by atoms with E-state index in [1.807, 2.05) is 0 Å². The number of hydrogen-bond acceptors (Lipinski definition) is 4. The molecular formula is C10H26N4O5S. The van der Waals surface area contributed by atoms with Crippen LogP contribution in [0.3, 0.4) is 0 Å². The van der Waals surface area contributed by atoms with E-state index in [0.29, 0.717) is 12.1 Å². The molecule has 0 spiro atoms. The molecule has 9 N–H and O–H groups in total. The van der Waals surface area contributed by atoms with Crippen molar-refractivity contribution >= 4 is 16.4 Å². The van der Waals surface area contributed by atoms with Crippen LogP contribution in [0.4, 0.5) is 0 Å². The lowest BCUT2D eigenvalue weighted by atomic mass is 9.83. The molecule has 0 radical (unpaired) electrons. The van der Waals surface area contributed by atoms with Crippen molar-refractivity contribution in [3.8, 4) is 0 Å². The van der Waals surface area contributed by atoms with Crippen molar-refractivity contribution in [1.82, 2.24) is 5.32 Å². The Kier molecular flexibility index (Phi) is 10.6. The Morgan fingerprint density at radius 2 is 1.70 bits per heavy atom. The predicted octanol–water partition coefficient (Wildman–Crippen LogP) is -0.905. The van der Waals surface area contributed by atoms with Gasteiger partial charge in [-0.2, -0.15) is 8.42 Å². The van der Waals surface area contributed by atoms with Crippen molar-refractivity contribution < 1.29 is 23.0 Å². The molecule has 0 aromatic rings. The summed E-state index contributed by atoms with van der Waals surface area (Å²) in [4.78, 5) is 3.95. The van der Waals surface area contributed by atoms with Gasteiger partial charge >= 0.3 is 10.4 Å². The summed E-state index contributed by atoms with van der Waals surface area (Å²) < 4.78 is 31.6. The van der Waals surface area contributed by atoms with E-state index >= 15 is 0 Å². The quantitative estimate of drug-likeness (QED) is 0.192. The highest BCUT2D eigenvalue weighted by atomic mass is 32.3. The summed E-state index contributed by atoms with van der Waals surface area (Å²) in [5.41, 5.74) is 10.8. The predicted molar refractivity (Wildman–Crippen MR) is 78.0 cm³/mol. The van der Waals surface area contributed by atoms with Gasteiger partial charge in [-0.05, 0) is 19.8 Å². The summed E-state index contributed by atoms with van der Waals surface area (Å²) in [5, 5.41) is 3.54. The first-order valence-corrected chi connectivity index (χ1v) is 7.52. The van der Waals surface area contributed by atoms with Gasteiger partial charge in [0.15, 0.2) is 5.96 Å². The zero-order chi connectivity index (χ0) is 14.9. The first-order chi connectivity index (χ1) is 8.62. The van der Waals surface area contributed by atoms with Gasteiger partial charge in [-0.1, -0.05) is 19.3 Å². The molecule has 1 aliphatic carbocycles. The lowest BCUT2D eigenvalue weighted by Gasteiger charge is -2.34. The standard InChI is InChI=1S/C10H22N4.H2O4S.H2O/c1-10(5-3-2-4-6-10)14-8-7-13-9(11)12;1-5(2,3)4;/h14H,2-8H2,1H3,(H4,11,12,13);(H2,1,2,3,4);1H2. The molecule has 1 rings (SSSR count). The topological polar surface area (TPSA) is 183 Å². The monoisotopic (exact) mass is 314 g/mol. The third-order valence-electron chi connectivity index (χ3n) is 2.92. The molecule has 0 aliphatic heterocycles. The highest BCUT2D eigenvalue weighted by Crippen LogP contribution is 2.27. The van der Waals surface area contributed by atoms with Crippen LogP contribution in [0.2, 0.25) is 0 Å². The minimum atomic E-state index is -4.67. The van der Waals surface area contributed by atoms with E-state index in [9.17, 15) is 0 Å². The first kappa shape index (κ1) is 21.4. The van der Waals surface area contributed by atoms with E-state index < -0.39 is 10.4 Å². The van der Waals surface area contributed by atoms with Crippen LogP contribution in [0.5, 0.6) is 0 Å². The normalized spacial score (nSPS) is 17.1. The Morgan fingerprint density at radius 3 is 2.10 bits per heavy atom. The van der Waals surface area contributed by atoms with E-state index in [4.69, 9.17) is 29.0 Å². The Bertz CT molecular complexity index is 367. The molecule has 1 aliphatic rings. The zero-order valence-electron chi connectivity index (χ0n) is 11.7. The number of hydrogen-bond donors (Lipinski definition) is 5. The van der Waals surface area contributed by atoms with Gasteiger partial charge in [0.25, 0.3) is 0 Å². The van der Waals surface area contributed by atoms with Crippen LogP contribution in [0.15, 0.2) is 4.99 Å². The van der Waals surface area contributed by atoms with Crippen molar-refractivity contribution in [3.63, 3.8) is 0 Å². The Balaban J connectivity index is 0. The zero-order valence-corrected chi connectivity index (χ0v) is 12.5. The molecule has 0 heterocycles. The number of nitrogens with one attached hydrogen (secondary N) is 1. The molecule has 0 aromatic heterocycles. The molecule has 0 bridgehead atoms. The number of nitrogens with zero attached hydrogens (tertiary/aromatic N) is 1. The molecule has 10 heteroatoms. The fraction of sp³-hybridized carbons (Fsp3) is 0.900. The maximum atomic E-state index is 8.74. The average Bonchev–Trinajstić information content (AvgIpc) is 2.23. The van der Waals surface area contributed by atoms with E-state index in [1.165, 1.54) is 32.1 Å². The first-order valence-electron chi connectivity index (χ1n) is 6.13. The number of aliphatic imine (C=N–C) groups is 1. The minimum absolute atomic E-state index is 0. The summed E-state index contributed by atoms with van der Waals surface area (Å²) in [6, 6.07) is 0. The van der Waals surface area contributed by atoms with Crippen LogP contribution >= 0.6 is 0 Å². The summed E-state index contributed by atoms with van der Waals surface area (Å²) in [6.45, 7) is 3.84. The second-order valence-corrected chi connectivity index (χ2v) is 5.70. The van der Waals surface area contributed by atoms with Gasteiger partial charge < -0.3 is 22.3 Å². The molecule has 20 heavy (non-hydrogen) atoms. The Labute approximate surface area is 119 Å². The van der Waals surface area contributed by atoms with Crippen LogP contribution in [0.25, 0.3) is 0 Å². The number of guanidine groups is 1.